The maximum atomic E-state index is 3.85. The first-order valence-electron chi connectivity index (χ1n) is 5.02. The smallest absolute Gasteiger partial charge is 0.137 e. The van der Waals surface area contributed by atoms with Crippen LogP contribution in [-0.4, -0.2) is 13.1 Å². The summed E-state index contributed by atoms with van der Waals surface area (Å²) in [5.41, 5.74) is 5.18. The molecule has 2 rings (SSSR count). The molecule has 0 aliphatic heterocycles. The van der Waals surface area contributed by atoms with Crippen LogP contribution in [-0.2, 0) is 0 Å². The van der Waals surface area contributed by atoms with Gasteiger partial charge in [0.25, 0.3) is 0 Å². The fraction of sp³-hybridized carbons (Fsp3) is 0.167. The summed E-state index contributed by atoms with van der Waals surface area (Å²) in [6.45, 7) is 2.01. The Balaban J connectivity index is 0.00000112. The van der Waals surface area contributed by atoms with Gasteiger partial charge in [-0.1, -0.05) is 30.3 Å². The first kappa shape index (κ1) is 15.2. The van der Waals surface area contributed by atoms with Gasteiger partial charge < -0.3 is 35.9 Å². The zero-order valence-corrected chi connectivity index (χ0v) is 10.5. The van der Waals surface area contributed by atoms with E-state index < -0.39 is 0 Å². The summed E-state index contributed by atoms with van der Waals surface area (Å²) in [7, 11) is 0. The van der Waals surface area contributed by atoms with Crippen molar-refractivity contribution in [3.8, 4) is 0 Å². The van der Waals surface area contributed by atoms with Crippen molar-refractivity contribution in [2.75, 3.05) is 13.1 Å². The number of nitrogens with two attached hydrogens (primary N) is 1. The van der Waals surface area contributed by atoms with Crippen LogP contribution in [0.25, 0.3) is 10.8 Å². The monoisotopic (exact) mass is 258 g/mol. The second kappa shape index (κ2) is 7.47. The molecule has 0 saturated carbocycles. The molecule has 0 radical (unpaired) electrons. The molecule has 0 aliphatic rings. The van der Waals surface area contributed by atoms with E-state index in [1.165, 1.54) is 16.5 Å². The van der Waals surface area contributed by atoms with Crippen molar-refractivity contribution in [1.29, 1.82) is 0 Å². The van der Waals surface area contributed by atoms with Gasteiger partial charge in [-0.15, -0.1) is 0 Å². The Morgan fingerprint density at radius 2 is 1.62 bits per heavy atom. The van der Waals surface area contributed by atoms with Gasteiger partial charge in [0.1, 0.15) is 18.8 Å². The van der Waals surface area contributed by atoms with E-state index in [0.717, 1.165) is 13.1 Å². The maximum absolute atomic E-state index is 3.85. The van der Waals surface area contributed by atoms with E-state index in [9.17, 15) is 0 Å². The standard InChI is InChI=1S/C12H14N2.2ClH/c13-8-9-14-12-7-3-5-10-4-1-2-6-11(10)12;;/h1-7,14H,8-9,13H2;2*1H. The van der Waals surface area contributed by atoms with Crippen molar-refractivity contribution in [3.05, 3.63) is 42.5 Å². The molecule has 88 valence electrons. The Labute approximate surface area is 108 Å². The van der Waals surface area contributed by atoms with Gasteiger partial charge in [0.15, 0.2) is 0 Å². The highest BCUT2D eigenvalue weighted by Gasteiger charge is 2.02. The van der Waals surface area contributed by atoms with Crippen molar-refractivity contribution in [2.45, 2.75) is 0 Å². The summed E-state index contributed by atoms with van der Waals surface area (Å²) in [5, 5.41) is 4.91. The Morgan fingerprint density at radius 1 is 0.938 bits per heavy atom. The van der Waals surface area contributed by atoms with Crippen molar-refractivity contribution in [2.24, 2.45) is 0 Å². The molecule has 0 unspecified atom stereocenters. The lowest BCUT2D eigenvalue weighted by Crippen LogP contribution is -3.00. The van der Waals surface area contributed by atoms with E-state index in [4.69, 9.17) is 0 Å². The van der Waals surface area contributed by atoms with E-state index in [1.807, 2.05) is 0 Å². The van der Waals surface area contributed by atoms with Gasteiger partial charge in [-0.25, -0.2) is 0 Å². The van der Waals surface area contributed by atoms with Crippen LogP contribution in [0.15, 0.2) is 42.5 Å². The zero-order valence-electron chi connectivity index (χ0n) is 9.00. The molecule has 0 aromatic heterocycles. The molecule has 0 spiro atoms. The predicted octanol–water partition coefficient (Wildman–Crippen LogP) is -5.72. The predicted molar refractivity (Wildman–Crippen MR) is 58.2 cm³/mol. The minimum atomic E-state index is 0. The van der Waals surface area contributed by atoms with Crippen molar-refractivity contribution in [1.82, 2.24) is 0 Å². The second-order valence-electron chi connectivity index (χ2n) is 3.41. The van der Waals surface area contributed by atoms with Gasteiger partial charge in [0.2, 0.25) is 0 Å². The van der Waals surface area contributed by atoms with Gasteiger partial charge in [0, 0.05) is 5.39 Å². The summed E-state index contributed by atoms with van der Waals surface area (Å²) < 4.78 is 0. The Bertz CT molecular complexity index is 427. The summed E-state index contributed by atoms with van der Waals surface area (Å²) in [5.74, 6) is 0. The quantitative estimate of drug-likeness (QED) is 0.516. The SMILES string of the molecule is [Cl-].[Cl-].[NH3+]CC[NH2+]c1cccc2ccccc12. The largest absolute Gasteiger partial charge is 1.00 e. The fourth-order valence-electron chi connectivity index (χ4n) is 1.69. The van der Waals surface area contributed by atoms with Gasteiger partial charge in [-0.05, 0) is 17.5 Å². The van der Waals surface area contributed by atoms with E-state index in [1.54, 1.807) is 0 Å². The molecule has 0 fully saturated rings. The summed E-state index contributed by atoms with van der Waals surface area (Å²) in [6.07, 6.45) is 0. The van der Waals surface area contributed by atoms with Crippen LogP contribution in [0, 0.1) is 0 Å². The number of halogens is 2. The van der Waals surface area contributed by atoms with E-state index in [2.05, 4.69) is 53.5 Å². The minimum Gasteiger partial charge on any atom is -1.00 e. The van der Waals surface area contributed by atoms with Gasteiger partial charge in [0.05, 0.1) is 0 Å². The van der Waals surface area contributed by atoms with Crippen LogP contribution >= 0.6 is 0 Å². The lowest BCUT2D eigenvalue weighted by molar-refractivity contribution is -0.594. The van der Waals surface area contributed by atoms with E-state index in [-0.39, 0.29) is 24.8 Å². The van der Waals surface area contributed by atoms with Gasteiger partial charge in [-0.3, -0.25) is 0 Å². The normalized spacial score (nSPS) is 9.31. The molecule has 0 amide bonds. The van der Waals surface area contributed by atoms with Crippen molar-refractivity contribution >= 4 is 16.5 Å². The highest BCUT2D eigenvalue weighted by atomic mass is 35.5. The average molecular weight is 259 g/mol. The van der Waals surface area contributed by atoms with Crippen LogP contribution in [0.2, 0.25) is 0 Å². The molecule has 0 heterocycles. The highest BCUT2D eigenvalue weighted by Crippen LogP contribution is 2.18. The molecule has 2 nitrogen and oxygen atoms in total. The highest BCUT2D eigenvalue weighted by molar-refractivity contribution is 5.90. The Morgan fingerprint density at radius 3 is 2.38 bits per heavy atom. The molecule has 2 aromatic carbocycles. The van der Waals surface area contributed by atoms with Gasteiger partial charge in [-0.2, -0.15) is 0 Å². The van der Waals surface area contributed by atoms with Crippen LogP contribution in [0.4, 0.5) is 5.69 Å². The molecular weight excluding hydrogens is 243 g/mol. The number of quaternary nitrogens is 2. The number of hydrogen-bond donors (Lipinski definition) is 2. The lowest BCUT2D eigenvalue weighted by Gasteiger charge is -2.02. The van der Waals surface area contributed by atoms with Crippen LogP contribution < -0.4 is 35.9 Å². The molecule has 0 bridgehead atoms. The third-order valence-corrected chi connectivity index (χ3v) is 2.39. The molecule has 0 saturated heterocycles. The van der Waals surface area contributed by atoms with Crippen molar-refractivity contribution in [3.63, 3.8) is 0 Å². The number of rotatable bonds is 3. The second-order valence-corrected chi connectivity index (χ2v) is 3.41. The minimum absolute atomic E-state index is 0. The molecule has 0 atom stereocenters. The summed E-state index contributed by atoms with van der Waals surface area (Å²) in [6, 6.07) is 14.9. The molecule has 2 aromatic rings. The van der Waals surface area contributed by atoms with E-state index in [0.29, 0.717) is 0 Å². The Kier molecular flexibility index (Phi) is 7.10. The van der Waals surface area contributed by atoms with Crippen molar-refractivity contribution < 1.29 is 35.9 Å². The topological polar surface area (TPSA) is 44.2 Å². The summed E-state index contributed by atoms with van der Waals surface area (Å²) >= 11 is 0. The van der Waals surface area contributed by atoms with Crippen LogP contribution in [0.5, 0.6) is 0 Å². The summed E-state index contributed by atoms with van der Waals surface area (Å²) in [4.78, 5) is 0. The third kappa shape index (κ3) is 3.35. The van der Waals surface area contributed by atoms with Crippen LogP contribution in [0.1, 0.15) is 0 Å². The van der Waals surface area contributed by atoms with Gasteiger partial charge >= 0.3 is 0 Å². The lowest BCUT2D eigenvalue weighted by atomic mass is 10.1. The third-order valence-electron chi connectivity index (χ3n) is 2.39. The molecular formula is C12H16Cl2N2. The Hall–Kier alpha value is -0.800. The zero-order chi connectivity index (χ0) is 9.80. The average Bonchev–Trinajstić information content (AvgIpc) is 2.26. The number of fused-ring (bicyclic) bond motifs is 1. The molecule has 5 N–H and O–H groups in total. The van der Waals surface area contributed by atoms with Crippen LogP contribution in [0.3, 0.4) is 0 Å². The first-order chi connectivity index (χ1) is 6.92. The molecule has 16 heavy (non-hydrogen) atoms. The first-order valence-corrected chi connectivity index (χ1v) is 5.02. The molecule has 0 aliphatic carbocycles. The molecule has 4 heteroatoms. The number of benzene rings is 2. The van der Waals surface area contributed by atoms with E-state index >= 15 is 0 Å². The fourth-order valence-corrected chi connectivity index (χ4v) is 1.69. The number of hydrogen-bond acceptors (Lipinski definition) is 0. The maximum Gasteiger partial charge on any atom is 0.137 e.